The topological polar surface area (TPSA) is 96.5 Å². The maximum atomic E-state index is 12.8. The first kappa shape index (κ1) is 22.9. The van der Waals surface area contributed by atoms with E-state index in [0.717, 1.165) is 23.1 Å². The van der Waals surface area contributed by atoms with Crippen LogP contribution in [0.4, 0.5) is 0 Å². The van der Waals surface area contributed by atoms with Crippen LogP contribution in [0.5, 0.6) is 0 Å². The van der Waals surface area contributed by atoms with Gasteiger partial charge in [0.05, 0.1) is 4.91 Å². The van der Waals surface area contributed by atoms with Gasteiger partial charge in [-0.05, 0) is 36.6 Å². The molecule has 1 fully saturated rings. The highest BCUT2D eigenvalue weighted by Gasteiger charge is 2.31. The molecule has 0 bridgehead atoms. The molecule has 0 radical (unpaired) electrons. The number of unbranched alkanes of at least 4 members (excludes halogenated alkanes) is 2. The molecule has 1 saturated heterocycles. The molecule has 0 saturated carbocycles. The Labute approximate surface area is 200 Å². The van der Waals surface area contributed by atoms with E-state index in [-0.39, 0.29) is 12.3 Å². The van der Waals surface area contributed by atoms with E-state index in [4.69, 9.17) is 21.7 Å². The van der Waals surface area contributed by atoms with E-state index in [9.17, 15) is 9.59 Å². The summed E-state index contributed by atoms with van der Waals surface area (Å²) < 4.78 is 6.49. The zero-order valence-electron chi connectivity index (χ0n) is 17.6. The minimum Gasteiger partial charge on any atom is -0.481 e. The number of thiocarbonyl (C=S) groups is 1. The first-order chi connectivity index (χ1) is 16.0. The summed E-state index contributed by atoms with van der Waals surface area (Å²) in [6, 6.07) is 11.6. The van der Waals surface area contributed by atoms with Crippen molar-refractivity contribution >= 4 is 46.3 Å². The largest absolute Gasteiger partial charge is 0.481 e. The predicted octanol–water partition coefficient (Wildman–Crippen LogP) is 5.25. The highest BCUT2D eigenvalue weighted by Crippen LogP contribution is 2.34. The lowest BCUT2D eigenvalue weighted by Crippen LogP contribution is -2.29. The van der Waals surface area contributed by atoms with Crippen molar-refractivity contribution < 1.29 is 19.1 Å². The monoisotopic (exact) mass is 479 g/mol. The second-order valence-electron chi connectivity index (χ2n) is 7.45. The summed E-state index contributed by atoms with van der Waals surface area (Å²) in [5, 5.41) is 8.71. The quantitative estimate of drug-likeness (QED) is 0.253. The summed E-state index contributed by atoms with van der Waals surface area (Å²) in [6.45, 7) is 0.487. The summed E-state index contributed by atoms with van der Waals surface area (Å²) in [4.78, 5) is 33.6. The van der Waals surface area contributed by atoms with Crippen molar-refractivity contribution in [1.82, 2.24) is 14.9 Å². The SMILES string of the molecule is O=C(O)CCCCCN1C(=O)C(=Cc2ccc(-c3cccc(-c4cncnc4)c3)o2)SC1=S. The first-order valence-electron chi connectivity index (χ1n) is 10.4. The Hall–Kier alpha value is -3.30. The average Bonchev–Trinajstić information content (AvgIpc) is 3.39. The lowest BCUT2D eigenvalue weighted by molar-refractivity contribution is -0.137. The maximum Gasteiger partial charge on any atom is 0.303 e. The summed E-state index contributed by atoms with van der Waals surface area (Å²) in [5.74, 6) is 0.309. The van der Waals surface area contributed by atoms with Crippen molar-refractivity contribution in [2.75, 3.05) is 6.54 Å². The van der Waals surface area contributed by atoms with Gasteiger partial charge in [0, 0.05) is 42.6 Å². The molecule has 4 rings (SSSR count). The standard InChI is InChI=1S/C24H21N3O4S2/c28-22(29)7-2-1-3-10-27-23(30)21(33-24(27)32)12-19-8-9-20(31-19)17-6-4-5-16(11-17)18-13-25-15-26-14-18/h4-6,8-9,11-15H,1-3,7,10H2,(H,28,29). The van der Waals surface area contributed by atoms with Gasteiger partial charge < -0.3 is 9.52 Å². The second kappa shape index (κ2) is 10.5. The molecule has 9 heteroatoms. The van der Waals surface area contributed by atoms with E-state index < -0.39 is 5.97 Å². The lowest BCUT2D eigenvalue weighted by atomic mass is 10.0. The number of hydrogen-bond acceptors (Lipinski definition) is 7. The molecule has 168 valence electrons. The molecule has 33 heavy (non-hydrogen) atoms. The van der Waals surface area contributed by atoms with Gasteiger partial charge in [0.25, 0.3) is 5.91 Å². The molecule has 7 nitrogen and oxygen atoms in total. The van der Waals surface area contributed by atoms with Crippen molar-refractivity contribution in [3.8, 4) is 22.5 Å². The van der Waals surface area contributed by atoms with Crippen LogP contribution < -0.4 is 0 Å². The van der Waals surface area contributed by atoms with Gasteiger partial charge in [-0.15, -0.1) is 0 Å². The number of nitrogens with zero attached hydrogens (tertiary/aromatic N) is 3. The smallest absolute Gasteiger partial charge is 0.303 e. The third kappa shape index (κ3) is 5.74. The fourth-order valence-electron chi connectivity index (χ4n) is 3.43. The fourth-order valence-corrected chi connectivity index (χ4v) is 4.72. The highest BCUT2D eigenvalue weighted by molar-refractivity contribution is 8.26. The number of furan rings is 1. The molecule has 1 aliphatic heterocycles. The third-order valence-electron chi connectivity index (χ3n) is 5.09. The molecule has 0 spiro atoms. The highest BCUT2D eigenvalue weighted by atomic mass is 32.2. The van der Waals surface area contributed by atoms with Crippen molar-refractivity contribution in [2.45, 2.75) is 25.7 Å². The zero-order chi connectivity index (χ0) is 23.2. The molecule has 0 atom stereocenters. The van der Waals surface area contributed by atoms with Gasteiger partial charge in [-0.1, -0.05) is 48.6 Å². The van der Waals surface area contributed by atoms with Crippen molar-refractivity contribution in [2.24, 2.45) is 0 Å². The number of rotatable bonds is 9. The van der Waals surface area contributed by atoms with E-state index in [1.165, 1.54) is 18.1 Å². The van der Waals surface area contributed by atoms with E-state index in [1.807, 2.05) is 36.4 Å². The average molecular weight is 480 g/mol. The third-order valence-corrected chi connectivity index (χ3v) is 6.46. The fraction of sp³-hybridized carbons (Fsp3) is 0.208. The Balaban J connectivity index is 1.43. The van der Waals surface area contributed by atoms with Gasteiger partial charge in [-0.2, -0.15) is 0 Å². The number of aromatic nitrogens is 2. The number of aliphatic carboxylic acids is 1. The maximum absolute atomic E-state index is 12.8. The van der Waals surface area contributed by atoms with Crippen molar-refractivity contribution in [3.05, 3.63) is 65.8 Å². The number of amides is 1. The van der Waals surface area contributed by atoms with Crippen LogP contribution in [0.1, 0.15) is 31.4 Å². The Morgan fingerprint density at radius 3 is 2.67 bits per heavy atom. The molecule has 1 N–H and O–H groups in total. The Bertz CT molecular complexity index is 1210. The summed E-state index contributed by atoms with van der Waals surface area (Å²) >= 11 is 6.62. The van der Waals surface area contributed by atoms with Gasteiger partial charge in [0.15, 0.2) is 0 Å². The van der Waals surface area contributed by atoms with Crippen LogP contribution in [0.3, 0.4) is 0 Å². The minimum absolute atomic E-state index is 0.140. The first-order valence-corrected chi connectivity index (χ1v) is 11.7. The number of thioether (sulfide) groups is 1. The number of hydrogen-bond donors (Lipinski definition) is 1. The molecular weight excluding hydrogens is 458 g/mol. The van der Waals surface area contributed by atoms with Crippen LogP contribution in [0, 0.1) is 0 Å². The molecule has 0 aliphatic carbocycles. The summed E-state index contributed by atoms with van der Waals surface area (Å²) in [5.41, 5.74) is 2.80. The number of carbonyl (C=O) groups excluding carboxylic acids is 1. The molecule has 3 heterocycles. The zero-order valence-corrected chi connectivity index (χ0v) is 19.3. The molecule has 2 aromatic heterocycles. The van der Waals surface area contributed by atoms with Crippen LogP contribution in [-0.2, 0) is 9.59 Å². The van der Waals surface area contributed by atoms with E-state index in [1.54, 1.807) is 23.4 Å². The van der Waals surface area contributed by atoms with Crippen molar-refractivity contribution in [3.63, 3.8) is 0 Å². The Morgan fingerprint density at radius 1 is 1.09 bits per heavy atom. The van der Waals surface area contributed by atoms with E-state index >= 15 is 0 Å². The van der Waals surface area contributed by atoms with Crippen LogP contribution in [0.25, 0.3) is 28.5 Å². The van der Waals surface area contributed by atoms with Crippen LogP contribution in [0.2, 0.25) is 0 Å². The van der Waals surface area contributed by atoms with Gasteiger partial charge in [0.1, 0.15) is 22.2 Å². The Morgan fingerprint density at radius 2 is 1.88 bits per heavy atom. The minimum atomic E-state index is -0.804. The van der Waals surface area contributed by atoms with Gasteiger partial charge >= 0.3 is 5.97 Å². The number of carbonyl (C=O) groups is 2. The molecule has 1 aromatic carbocycles. The molecule has 3 aromatic rings. The number of benzene rings is 1. The lowest BCUT2D eigenvalue weighted by Gasteiger charge is -2.13. The van der Waals surface area contributed by atoms with E-state index in [2.05, 4.69) is 9.97 Å². The van der Waals surface area contributed by atoms with Gasteiger partial charge in [-0.3, -0.25) is 14.5 Å². The van der Waals surface area contributed by atoms with Crippen LogP contribution in [0.15, 0.2) is 64.4 Å². The molecule has 1 aliphatic rings. The molecule has 1 amide bonds. The van der Waals surface area contributed by atoms with Crippen LogP contribution >= 0.6 is 24.0 Å². The van der Waals surface area contributed by atoms with Crippen molar-refractivity contribution in [1.29, 1.82) is 0 Å². The molecule has 0 unspecified atom stereocenters. The van der Waals surface area contributed by atoms with Gasteiger partial charge in [0.2, 0.25) is 0 Å². The second-order valence-corrected chi connectivity index (χ2v) is 9.12. The number of carboxylic acids is 1. The Kier molecular flexibility index (Phi) is 7.31. The predicted molar refractivity (Wildman–Crippen MR) is 131 cm³/mol. The normalized spacial score (nSPS) is 14.9. The van der Waals surface area contributed by atoms with Crippen LogP contribution in [-0.4, -0.2) is 42.7 Å². The number of carboxylic acid groups (broad SMARTS) is 1. The summed E-state index contributed by atoms with van der Waals surface area (Å²) in [7, 11) is 0. The molecular formula is C24H21N3O4S2. The van der Waals surface area contributed by atoms with E-state index in [0.29, 0.717) is 40.1 Å². The van der Waals surface area contributed by atoms with Gasteiger partial charge in [-0.25, -0.2) is 9.97 Å². The summed E-state index contributed by atoms with van der Waals surface area (Å²) in [6.07, 6.45) is 8.89.